The van der Waals surface area contributed by atoms with Crippen LogP contribution in [0.2, 0.25) is 10.0 Å². The summed E-state index contributed by atoms with van der Waals surface area (Å²) in [5, 5.41) is 4.22. The zero-order chi connectivity index (χ0) is 17.3. The summed E-state index contributed by atoms with van der Waals surface area (Å²) in [5.74, 6) is -0.260. The van der Waals surface area contributed by atoms with Crippen molar-refractivity contribution in [2.75, 3.05) is 5.32 Å². The molecule has 0 radical (unpaired) electrons. The Morgan fingerprint density at radius 3 is 2.71 bits per heavy atom. The van der Waals surface area contributed by atoms with E-state index in [1.165, 1.54) is 6.07 Å². The minimum Gasteiger partial charge on any atom is -0.338 e. The van der Waals surface area contributed by atoms with Gasteiger partial charge in [-0.3, -0.25) is 9.59 Å². The van der Waals surface area contributed by atoms with Crippen LogP contribution >= 0.6 is 23.2 Å². The van der Waals surface area contributed by atoms with Crippen molar-refractivity contribution in [2.45, 2.75) is 13.5 Å². The van der Waals surface area contributed by atoms with Gasteiger partial charge in [0.2, 0.25) is 5.91 Å². The van der Waals surface area contributed by atoms with E-state index < -0.39 is 0 Å². The van der Waals surface area contributed by atoms with Crippen LogP contribution in [0.4, 0.5) is 5.69 Å². The third-order valence-corrected chi connectivity index (χ3v) is 4.21. The molecule has 0 fully saturated rings. The Morgan fingerprint density at radius 2 is 1.92 bits per heavy atom. The van der Waals surface area contributed by atoms with Crippen LogP contribution in [-0.4, -0.2) is 10.5 Å². The third kappa shape index (κ3) is 3.45. The fraction of sp³-hybridized carbons (Fsp3) is 0.111. The molecule has 0 unspecified atom stereocenters. The highest BCUT2D eigenvalue weighted by atomic mass is 35.5. The molecular weight excluding hydrogens is 347 g/mol. The van der Waals surface area contributed by atoms with E-state index in [2.05, 4.69) is 5.32 Å². The van der Waals surface area contributed by atoms with Crippen LogP contribution in [0.15, 0.2) is 53.5 Å². The van der Waals surface area contributed by atoms with Gasteiger partial charge in [0.05, 0.1) is 16.2 Å². The van der Waals surface area contributed by atoms with E-state index in [9.17, 15) is 9.59 Å². The van der Waals surface area contributed by atoms with Gasteiger partial charge in [0, 0.05) is 22.7 Å². The highest BCUT2D eigenvalue weighted by Gasteiger charge is 2.10. The molecule has 0 aliphatic heterocycles. The van der Waals surface area contributed by atoms with E-state index >= 15 is 0 Å². The number of hydrogen-bond donors (Lipinski definition) is 1. The SMILES string of the molecule is Cc1ccc2c(c1)c(=O)ccn2CC(=O)Nc1cc(Cl)ccc1Cl. The first-order valence-corrected chi connectivity index (χ1v) is 8.04. The third-order valence-electron chi connectivity index (χ3n) is 3.65. The maximum atomic E-state index is 12.3. The fourth-order valence-electron chi connectivity index (χ4n) is 2.50. The van der Waals surface area contributed by atoms with Crippen LogP contribution in [0.5, 0.6) is 0 Å². The maximum Gasteiger partial charge on any atom is 0.244 e. The molecule has 4 nitrogen and oxygen atoms in total. The summed E-state index contributed by atoms with van der Waals surface area (Å²) < 4.78 is 1.73. The van der Waals surface area contributed by atoms with Crippen molar-refractivity contribution in [3.63, 3.8) is 0 Å². The zero-order valence-corrected chi connectivity index (χ0v) is 14.4. The van der Waals surface area contributed by atoms with Crippen molar-refractivity contribution < 1.29 is 4.79 Å². The van der Waals surface area contributed by atoms with E-state index in [4.69, 9.17) is 23.2 Å². The Hall–Kier alpha value is -2.30. The Labute approximate surface area is 148 Å². The minimum absolute atomic E-state index is 0.0582. The number of fused-ring (bicyclic) bond motifs is 1. The molecule has 0 aliphatic carbocycles. The molecule has 6 heteroatoms. The second-order valence-corrected chi connectivity index (χ2v) is 6.34. The van der Waals surface area contributed by atoms with E-state index in [1.807, 2.05) is 25.1 Å². The van der Waals surface area contributed by atoms with Gasteiger partial charge in [-0.25, -0.2) is 0 Å². The van der Waals surface area contributed by atoms with Crippen molar-refractivity contribution in [3.05, 3.63) is 74.5 Å². The Morgan fingerprint density at radius 1 is 1.12 bits per heavy atom. The van der Waals surface area contributed by atoms with Crippen LogP contribution in [0.3, 0.4) is 0 Å². The number of benzene rings is 2. The first-order chi connectivity index (χ1) is 11.4. The van der Waals surface area contributed by atoms with Crippen LogP contribution in [-0.2, 0) is 11.3 Å². The zero-order valence-electron chi connectivity index (χ0n) is 12.8. The smallest absolute Gasteiger partial charge is 0.244 e. The molecule has 0 aliphatic rings. The lowest BCUT2D eigenvalue weighted by atomic mass is 10.1. The molecular formula is C18H14Cl2N2O2. The highest BCUT2D eigenvalue weighted by molar-refractivity contribution is 6.35. The number of rotatable bonds is 3. The lowest BCUT2D eigenvalue weighted by Gasteiger charge is -2.12. The summed E-state index contributed by atoms with van der Waals surface area (Å²) in [4.78, 5) is 24.3. The quantitative estimate of drug-likeness (QED) is 0.758. The topological polar surface area (TPSA) is 51.1 Å². The number of carbonyl (C=O) groups is 1. The van der Waals surface area contributed by atoms with Gasteiger partial charge < -0.3 is 9.88 Å². The highest BCUT2D eigenvalue weighted by Crippen LogP contribution is 2.25. The fourth-order valence-corrected chi connectivity index (χ4v) is 2.84. The molecule has 1 heterocycles. The van der Waals surface area contributed by atoms with Gasteiger partial charge in [-0.1, -0.05) is 34.8 Å². The molecule has 24 heavy (non-hydrogen) atoms. The predicted molar refractivity (Wildman–Crippen MR) is 98.0 cm³/mol. The van der Waals surface area contributed by atoms with Crippen molar-refractivity contribution >= 4 is 45.7 Å². The van der Waals surface area contributed by atoms with Gasteiger partial charge in [-0.2, -0.15) is 0 Å². The first-order valence-electron chi connectivity index (χ1n) is 7.29. The number of aryl methyl sites for hydroxylation is 1. The number of anilines is 1. The number of aromatic nitrogens is 1. The van der Waals surface area contributed by atoms with Gasteiger partial charge in [0.25, 0.3) is 0 Å². The van der Waals surface area contributed by atoms with Crippen molar-refractivity contribution in [2.24, 2.45) is 0 Å². The summed E-state index contributed by atoms with van der Waals surface area (Å²) in [6.07, 6.45) is 1.61. The van der Waals surface area contributed by atoms with Gasteiger partial charge in [-0.15, -0.1) is 0 Å². The second-order valence-electron chi connectivity index (χ2n) is 5.50. The summed E-state index contributed by atoms with van der Waals surface area (Å²) in [6.45, 7) is 1.98. The number of amides is 1. The van der Waals surface area contributed by atoms with Crippen molar-refractivity contribution in [1.82, 2.24) is 4.57 Å². The normalized spacial score (nSPS) is 10.8. The molecule has 0 atom stereocenters. The molecule has 0 saturated carbocycles. The van der Waals surface area contributed by atoms with Crippen LogP contribution in [0.25, 0.3) is 10.9 Å². The van der Waals surface area contributed by atoms with E-state index in [1.54, 1.807) is 29.0 Å². The molecule has 3 rings (SSSR count). The number of nitrogens with one attached hydrogen (secondary N) is 1. The summed E-state index contributed by atoms with van der Waals surface area (Å²) in [6, 6.07) is 11.9. The number of halogens is 2. The Kier molecular flexibility index (Phi) is 4.60. The molecule has 0 saturated heterocycles. The molecule has 1 amide bonds. The lowest BCUT2D eigenvalue weighted by molar-refractivity contribution is -0.116. The van der Waals surface area contributed by atoms with Gasteiger partial charge in [0.1, 0.15) is 6.54 Å². The molecule has 3 aromatic rings. The Balaban J connectivity index is 1.90. The van der Waals surface area contributed by atoms with Crippen LogP contribution in [0, 0.1) is 6.92 Å². The van der Waals surface area contributed by atoms with Gasteiger partial charge >= 0.3 is 0 Å². The molecule has 1 aromatic heterocycles. The van der Waals surface area contributed by atoms with Crippen molar-refractivity contribution in [1.29, 1.82) is 0 Å². The van der Waals surface area contributed by atoms with E-state index in [0.717, 1.165) is 5.56 Å². The monoisotopic (exact) mass is 360 g/mol. The first kappa shape index (κ1) is 16.6. The summed E-state index contributed by atoms with van der Waals surface area (Å²) >= 11 is 12.0. The molecule has 1 N–H and O–H groups in total. The molecule has 0 spiro atoms. The standard InChI is InChI=1S/C18H14Cl2N2O2/c1-11-2-5-16-13(8-11)17(23)6-7-22(16)10-18(24)21-15-9-12(19)3-4-14(15)20/h2-9H,10H2,1H3,(H,21,24). The summed E-state index contributed by atoms with van der Waals surface area (Å²) in [7, 11) is 0. The predicted octanol–water partition coefficient (Wildman–Crippen LogP) is 4.26. The minimum atomic E-state index is -0.260. The second kappa shape index (κ2) is 6.67. The van der Waals surface area contributed by atoms with Crippen LogP contribution < -0.4 is 10.7 Å². The molecule has 0 bridgehead atoms. The summed E-state index contributed by atoms with van der Waals surface area (Å²) in [5.41, 5.74) is 2.09. The Bertz CT molecular complexity index is 996. The van der Waals surface area contributed by atoms with E-state index in [0.29, 0.717) is 26.6 Å². The number of pyridine rings is 1. The van der Waals surface area contributed by atoms with Gasteiger partial charge in [-0.05, 0) is 37.3 Å². The van der Waals surface area contributed by atoms with Gasteiger partial charge in [0.15, 0.2) is 5.43 Å². The van der Waals surface area contributed by atoms with E-state index in [-0.39, 0.29) is 17.9 Å². The molecule has 2 aromatic carbocycles. The average Bonchev–Trinajstić information content (AvgIpc) is 2.54. The maximum absolute atomic E-state index is 12.3. The average molecular weight is 361 g/mol. The largest absolute Gasteiger partial charge is 0.338 e. The van der Waals surface area contributed by atoms with Crippen LogP contribution in [0.1, 0.15) is 5.56 Å². The number of hydrogen-bond acceptors (Lipinski definition) is 2. The number of carbonyl (C=O) groups excluding carboxylic acids is 1. The lowest BCUT2D eigenvalue weighted by Crippen LogP contribution is -2.20. The van der Waals surface area contributed by atoms with Crippen molar-refractivity contribution in [3.8, 4) is 0 Å². The number of nitrogens with zero attached hydrogens (tertiary/aromatic N) is 1. The molecule has 122 valence electrons.